The first kappa shape index (κ1) is 9.13. The van der Waals surface area contributed by atoms with E-state index >= 15 is 0 Å². The lowest BCUT2D eigenvalue weighted by Gasteiger charge is -2.07. The van der Waals surface area contributed by atoms with Crippen molar-refractivity contribution in [1.82, 2.24) is 9.78 Å². The van der Waals surface area contributed by atoms with Crippen molar-refractivity contribution >= 4 is 5.78 Å². The Hall–Kier alpha value is -1.12. The minimum atomic E-state index is 0.481. The third-order valence-corrected chi connectivity index (χ3v) is 4.02. The van der Waals surface area contributed by atoms with Gasteiger partial charge in [-0.05, 0) is 36.2 Å². The lowest BCUT2D eigenvalue weighted by atomic mass is 9.97. The van der Waals surface area contributed by atoms with Crippen LogP contribution in [0.25, 0.3) is 0 Å². The Morgan fingerprint density at radius 1 is 1.33 bits per heavy atom. The first-order valence-electron chi connectivity index (χ1n) is 5.72. The molecule has 0 N–H and O–H groups in total. The Morgan fingerprint density at radius 2 is 2.00 bits per heavy atom. The fourth-order valence-electron chi connectivity index (χ4n) is 3.30. The summed E-state index contributed by atoms with van der Waals surface area (Å²) in [5.74, 6) is 2.47. The van der Waals surface area contributed by atoms with Crippen molar-refractivity contribution in [3.8, 4) is 0 Å². The van der Waals surface area contributed by atoms with Gasteiger partial charge < -0.3 is 0 Å². The summed E-state index contributed by atoms with van der Waals surface area (Å²) in [7, 11) is 1.96. The topological polar surface area (TPSA) is 34.9 Å². The number of hydrogen-bond acceptors (Lipinski definition) is 2. The molecule has 2 fully saturated rings. The van der Waals surface area contributed by atoms with Gasteiger partial charge in [-0.1, -0.05) is 0 Å². The lowest BCUT2D eigenvalue weighted by Crippen LogP contribution is -1.97. The maximum absolute atomic E-state index is 11.3. The van der Waals surface area contributed by atoms with Gasteiger partial charge in [0.1, 0.15) is 5.78 Å². The Kier molecular flexibility index (Phi) is 1.94. The van der Waals surface area contributed by atoms with Gasteiger partial charge in [0.2, 0.25) is 0 Å². The van der Waals surface area contributed by atoms with Gasteiger partial charge in [0.15, 0.2) is 0 Å². The molecule has 1 aromatic rings. The summed E-state index contributed by atoms with van der Waals surface area (Å²) in [4.78, 5) is 11.3. The molecule has 0 aliphatic heterocycles. The van der Waals surface area contributed by atoms with Gasteiger partial charge in [0, 0.05) is 26.1 Å². The number of fused-ring (bicyclic) bond motifs is 1. The van der Waals surface area contributed by atoms with E-state index in [1.807, 2.05) is 17.9 Å². The van der Waals surface area contributed by atoms with Crippen LogP contribution in [0.15, 0.2) is 12.4 Å². The number of carbonyl (C=O) groups excluding carboxylic acids is 1. The van der Waals surface area contributed by atoms with Crippen molar-refractivity contribution in [3.05, 3.63) is 18.0 Å². The van der Waals surface area contributed by atoms with Crippen molar-refractivity contribution in [3.63, 3.8) is 0 Å². The summed E-state index contributed by atoms with van der Waals surface area (Å²) in [6, 6.07) is 0. The molecule has 80 valence electrons. The van der Waals surface area contributed by atoms with E-state index in [1.54, 1.807) is 0 Å². The molecule has 0 saturated heterocycles. The average Bonchev–Trinajstić information content (AvgIpc) is 2.78. The highest BCUT2D eigenvalue weighted by molar-refractivity contribution is 5.81. The Labute approximate surface area is 89.5 Å². The van der Waals surface area contributed by atoms with E-state index in [0.717, 1.165) is 12.8 Å². The smallest absolute Gasteiger partial charge is 0.133 e. The van der Waals surface area contributed by atoms with Gasteiger partial charge in [-0.3, -0.25) is 9.48 Å². The van der Waals surface area contributed by atoms with Crippen LogP contribution >= 0.6 is 0 Å². The maximum atomic E-state index is 11.3. The number of Topliss-reactive ketones (excluding diaryl/α,β-unsaturated/α-hetero) is 1. The maximum Gasteiger partial charge on any atom is 0.133 e. The second kappa shape index (κ2) is 3.19. The molecule has 3 nitrogen and oxygen atoms in total. The Balaban J connectivity index is 1.75. The number of aryl methyl sites for hydroxylation is 1. The van der Waals surface area contributed by atoms with Crippen LogP contribution in [0.2, 0.25) is 0 Å². The van der Waals surface area contributed by atoms with Crippen LogP contribution in [0.5, 0.6) is 0 Å². The third kappa shape index (κ3) is 1.50. The van der Waals surface area contributed by atoms with Crippen molar-refractivity contribution in [1.29, 1.82) is 0 Å². The number of rotatable bonds is 1. The minimum absolute atomic E-state index is 0.481. The molecule has 2 unspecified atom stereocenters. The fraction of sp³-hybridized carbons (Fsp3) is 0.667. The molecule has 1 heterocycles. The van der Waals surface area contributed by atoms with Crippen LogP contribution in [-0.2, 0) is 11.8 Å². The Morgan fingerprint density at radius 3 is 2.53 bits per heavy atom. The molecule has 2 saturated carbocycles. The van der Waals surface area contributed by atoms with Gasteiger partial charge in [-0.15, -0.1) is 0 Å². The molecule has 1 aromatic heterocycles. The minimum Gasteiger partial charge on any atom is -0.300 e. The van der Waals surface area contributed by atoms with Crippen LogP contribution in [0.3, 0.4) is 0 Å². The summed E-state index contributed by atoms with van der Waals surface area (Å²) in [6.07, 6.45) is 8.16. The van der Waals surface area contributed by atoms with Crippen molar-refractivity contribution in [2.24, 2.45) is 18.9 Å². The standard InChI is InChI=1S/C12H16N2O/c1-14-7-11(6-13-14)8-2-9-4-12(15)5-10(9)3-8/h6-10H,2-5H2,1H3. The van der Waals surface area contributed by atoms with E-state index in [-0.39, 0.29) is 0 Å². The fourth-order valence-corrected chi connectivity index (χ4v) is 3.30. The summed E-state index contributed by atoms with van der Waals surface area (Å²) >= 11 is 0. The second-order valence-electron chi connectivity index (χ2n) is 5.08. The van der Waals surface area contributed by atoms with Crippen molar-refractivity contribution in [2.45, 2.75) is 31.6 Å². The van der Waals surface area contributed by atoms with Gasteiger partial charge in [-0.25, -0.2) is 0 Å². The molecule has 2 aliphatic carbocycles. The van der Waals surface area contributed by atoms with E-state index in [0.29, 0.717) is 23.5 Å². The molecule has 2 atom stereocenters. The third-order valence-electron chi connectivity index (χ3n) is 4.02. The summed E-state index contributed by atoms with van der Waals surface area (Å²) in [6.45, 7) is 0. The van der Waals surface area contributed by atoms with E-state index in [1.165, 1.54) is 18.4 Å². The molecule has 2 aliphatic rings. The zero-order valence-corrected chi connectivity index (χ0v) is 9.02. The molecule has 3 heteroatoms. The van der Waals surface area contributed by atoms with Gasteiger partial charge in [0.05, 0.1) is 6.20 Å². The number of ketones is 1. The van der Waals surface area contributed by atoms with Crippen molar-refractivity contribution < 1.29 is 4.79 Å². The van der Waals surface area contributed by atoms with Crippen LogP contribution < -0.4 is 0 Å². The summed E-state index contributed by atoms with van der Waals surface area (Å²) < 4.78 is 1.87. The number of hydrogen-bond donors (Lipinski definition) is 0. The molecular formula is C12H16N2O. The van der Waals surface area contributed by atoms with Gasteiger partial charge in [-0.2, -0.15) is 5.10 Å². The second-order valence-corrected chi connectivity index (χ2v) is 5.08. The average molecular weight is 204 g/mol. The predicted octanol–water partition coefficient (Wildman–Crippen LogP) is 1.89. The molecule has 3 rings (SSSR count). The predicted molar refractivity (Wildman–Crippen MR) is 56.4 cm³/mol. The van der Waals surface area contributed by atoms with E-state index in [9.17, 15) is 4.79 Å². The number of aromatic nitrogens is 2. The summed E-state index contributed by atoms with van der Waals surface area (Å²) in [5.41, 5.74) is 1.36. The Bertz CT molecular complexity index is 380. The van der Waals surface area contributed by atoms with E-state index < -0.39 is 0 Å². The van der Waals surface area contributed by atoms with Gasteiger partial charge in [0.25, 0.3) is 0 Å². The highest BCUT2D eigenvalue weighted by atomic mass is 16.1. The van der Waals surface area contributed by atoms with Crippen LogP contribution in [0, 0.1) is 11.8 Å². The molecule has 0 aromatic carbocycles. The molecular weight excluding hydrogens is 188 g/mol. The monoisotopic (exact) mass is 204 g/mol. The summed E-state index contributed by atoms with van der Waals surface area (Å²) in [5, 5.41) is 4.22. The van der Waals surface area contributed by atoms with Crippen molar-refractivity contribution in [2.75, 3.05) is 0 Å². The lowest BCUT2D eigenvalue weighted by molar-refractivity contribution is -0.117. The molecule has 0 bridgehead atoms. The normalized spacial score (nSPS) is 34.7. The first-order valence-corrected chi connectivity index (χ1v) is 5.72. The highest BCUT2D eigenvalue weighted by Gasteiger charge is 2.41. The molecule has 0 amide bonds. The van der Waals surface area contributed by atoms with E-state index in [2.05, 4.69) is 11.3 Å². The highest BCUT2D eigenvalue weighted by Crippen LogP contribution is 2.49. The number of carbonyl (C=O) groups is 1. The van der Waals surface area contributed by atoms with Gasteiger partial charge >= 0.3 is 0 Å². The van der Waals surface area contributed by atoms with Crippen LogP contribution in [-0.4, -0.2) is 15.6 Å². The molecule has 15 heavy (non-hydrogen) atoms. The molecule has 0 spiro atoms. The number of nitrogens with zero attached hydrogens (tertiary/aromatic N) is 2. The zero-order chi connectivity index (χ0) is 10.4. The zero-order valence-electron chi connectivity index (χ0n) is 9.02. The van der Waals surface area contributed by atoms with Crippen LogP contribution in [0.1, 0.15) is 37.2 Å². The van der Waals surface area contributed by atoms with E-state index in [4.69, 9.17) is 0 Å². The SMILES string of the molecule is Cn1cc(C2CC3CC(=O)CC3C2)cn1. The quantitative estimate of drug-likeness (QED) is 0.700. The van der Waals surface area contributed by atoms with Crippen LogP contribution in [0.4, 0.5) is 0 Å². The first-order chi connectivity index (χ1) is 7.22. The largest absolute Gasteiger partial charge is 0.300 e. The molecule has 0 radical (unpaired) electrons.